The van der Waals surface area contributed by atoms with Crippen LogP contribution >= 0.6 is 0 Å². The van der Waals surface area contributed by atoms with Crippen molar-refractivity contribution in [2.75, 3.05) is 13.1 Å². The van der Waals surface area contributed by atoms with E-state index in [1.807, 2.05) is 0 Å². The van der Waals surface area contributed by atoms with Gasteiger partial charge in [-0.3, -0.25) is 0 Å². The van der Waals surface area contributed by atoms with E-state index in [0.29, 0.717) is 6.04 Å². The smallest absolute Gasteiger partial charge is 0.191 e. The van der Waals surface area contributed by atoms with Crippen molar-refractivity contribution in [3.63, 3.8) is 0 Å². The molecule has 0 radical (unpaired) electrons. The first-order valence-corrected chi connectivity index (χ1v) is 8.32. The van der Waals surface area contributed by atoms with Gasteiger partial charge in [0, 0.05) is 13.1 Å². The summed E-state index contributed by atoms with van der Waals surface area (Å²) < 4.78 is 0. The van der Waals surface area contributed by atoms with Gasteiger partial charge in [0.15, 0.2) is 5.96 Å². The summed E-state index contributed by atoms with van der Waals surface area (Å²) in [6.45, 7) is 4.55. The summed E-state index contributed by atoms with van der Waals surface area (Å²) >= 11 is 0. The molecule has 3 heteroatoms. The number of hydrogen-bond donors (Lipinski definition) is 1. The molecule has 0 spiro atoms. The third-order valence-electron chi connectivity index (χ3n) is 5.47. The number of nitrogens with zero attached hydrogens (tertiary/aromatic N) is 2. The molecule has 2 saturated carbocycles. The van der Waals surface area contributed by atoms with E-state index in [2.05, 4.69) is 11.8 Å². The first kappa shape index (κ1) is 13.3. The maximum atomic E-state index is 6.20. The zero-order chi connectivity index (χ0) is 13.2. The number of hydrogen-bond acceptors (Lipinski definition) is 1. The molecule has 3 fully saturated rings. The molecule has 1 heterocycles. The lowest BCUT2D eigenvalue weighted by molar-refractivity contribution is 0.277. The third-order valence-corrected chi connectivity index (χ3v) is 5.47. The molecular weight excluding hydrogens is 234 g/mol. The average Bonchev–Trinajstić information content (AvgIpc) is 3.20. The highest BCUT2D eigenvalue weighted by molar-refractivity contribution is 5.78. The molecule has 0 aromatic carbocycles. The van der Waals surface area contributed by atoms with Crippen molar-refractivity contribution >= 4 is 5.96 Å². The minimum Gasteiger partial charge on any atom is -0.370 e. The van der Waals surface area contributed by atoms with Crippen LogP contribution in [0.4, 0.5) is 0 Å². The van der Waals surface area contributed by atoms with Gasteiger partial charge in [-0.15, -0.1) is 0 Å². The topological polar surface area (TPSA) is 41.6 Å². The lowest BCUT2D eigenvalue weighted by Crippen LogP contribution is -2.42. The summed E-state index contributed by atoms with van der Waals surface area (Å²) in [6.07, 6.45) is 11.1. The van der Waals surface area contributed by atoms with Crippen molar-refractivity contribution in [3.05, 3.63) is 0 Å². The molecule has 2 N–H and O–H groups in total. The molecule has 1 aliphatic heterocycles. The first-order chi connectivity index (χ1) is 9.24. The highest BCUT2D eigenvalue weighted by atomic mass is 15.3. The van der Waals surface area contributed by atoms with E-state index >= 15 is 0 Å². The highest BCUT2D eigenvalue weighted by Crippen LogP contribution is 2.46. The number of nitrogens with two attached hydrogens (primary N) is 1. The summed E-state index contributed by atoms with van der Waals surface area (Å²) in [5, 5.41) is 0. The SMILES string of the molecule is CC1CCN(C(N)=NC2CC2C2CCCCC2)CC1. The Morgan fingerprint density at radius 3 is 2.42 bits per heavy atom. The number of piperidine rings is 1. The Labute approximate surface area is 117 Å². The number of guanidine groups is 1. The standard InChI is InChI=1S/C16H29N3/c1-12-7-9-19(10-8-12)16(17)18-15-11-14(15)13-5-3-2-4-6-13/h12-15H,2-11H2,1H3,(H2,17,18). The van der Waals surface area contributed by atoms with Crippen molar-refractivity contribution in [1.29, 1.82) is 0 Å². The molecule has 2 unspecified atom stereocenters. The second kappa shape index (κ2) is 5.72. The van der Waals surface area contributed by atoms with Gasteiger partial charge < -0.3 is 10.6 Å². The van der Waals surface area contributed by atoms with E-state index in [4.69, 9.17) is 10.7 Å². The highest BCUT2D eigenvalue weighted by Gasteiger charge is 2.43. The van der Waals surface area contributed by atoms with Crippen LogP contribution in [-0.2, 0) is 0 Å². The summed E-state index contributed by atoms with van der Waals surface area (Å²) in [4.78, 5) is 7.12. The van der Waals surface area contributed by atoms with Crippen LogP contribution in [0.15, 0.2) is 4.99 Å². The lowest BCUT2D eigenvalue weighted by Gasteiger charge is -2.31. The van der Waals surface area contributed by atoms with Crippen LogP contribution < -0.4 is 5.73 Å². The van der Waals surface area contributed by atoms with Gasteiger partial charge in [-0.1, -0.05) is 39.0 Å². The fourth-order valence-electron chi connectivity index (χ4n) is 3.91. The van der Waals surface area contributed by atoms with Gasteiger partial charge in [0.25, 0.3) is 0 Å². The van der Waals surface area contributed by atoms with Crippen LogP contribution in [0.3, 0.4) is 0 Å². The van der Waals surface area contributed by atoms with Gasteiger partial charge in [-0.25, -0.2) is 4.99 Å². The van der Waals surface area contributed by atoms with Gasteiger partial charge in [-0.05, 0) is 37.0 Å². The Bertz CT molecular complexity index is 325. The van der Waals surface area contributed by atoms with Crippen molar-refractivity contribution in [2.24, 2.45) is 28.5 Å². The maximum absolute atomic E-state index is 6.20. The van der Waals surface area contributed by atoms with Gasteiger partial charge in [-0.2, -0.15) is 0 Å². The quantitative estimate of drug-likeness (QED) is 0.614. The summed E-state index contributed by atoms with van der Waals surface area (Å²) in [6, 6.07) is 0.558. The Morgan fingerprint density at radius 2 is 1.74 bits per heavy atom. The zero-order valence-electron chi connectivity index (χ0n) is 12.4. The van der Waals surface area contributed by atoms with Gasteiger partial charge in [0.05, 0.1) is 6.04 Å². The Hall–Kier alpha value is -0.730. The fourth-order valence-corrected chi connectivity index (χ4v) is 3.91. The van der Waals surface area contributed by atoms with E-state index in [-0.39, 0.29) is 0 Å². The predicted octanol–water partition coefficient (Wildman–Crippen LogP) is 3.00. The molecule has 2 atom stereocenters. The molecule has 0 aromatic rings. The number of likely N-dealkylation sites (tertiary alicyclic amines) is 1. The molecule has 3 rings (SSSR count). The third kappa shape index (κ3) is 3.24. The Kier molecular flexibility index (Phi) is 3.99. The molecule has 1 saturated heterocycles. The minimum absolute atomic E-state index is 0.558. The summed E-state index contributed by atoms with van der Waals surface area (Å²) in [7, 11) is 0. The lowest BCUT2D eigenvalue weighted by atomic mass is 9.85. The minimum atomic E-state index is 0.558. The second-order valence-electron chi connectivity index (χ2n) is 7.02. The van der Waals surface area contributed by atoms with Crippen molar-refractivity contribution in [1.82, 2.24) is 4.90 Å². The molecule has 3 aliphatic rings. The molecule has 0 aromatic heterocycles. The van der Waals surface area contributed by atoms with Gasteiger partial charge in [0.1, 0.15) is 0 Å². The van der Waals surface area contributed by atoms with Crippen molar-refractivity contribution in [3.8, 4) is 0 Å². The molecule has 3 nitrogen and oxygen atoms in total. The normalized spacial score (nSPS) is 34.6. The number of rotatable bonds is 2. The Balaban J connectivity index is 1.49. The monoisotopic (exact) mass is 263 g/mol. The maximum Gasteiger partial charge on any atom is 0.191 e. The number of aliphatic imine (C=N–C) groups is 1. The van der Waals surface area contributed by atoms with E-state index in [1.165, 1.54) is 51.4 Å². The largest absolute Gasteiger partial charge is 0.370 e. The van der Waals surface area contributed by atoms with E-state index in [0.717, 1.165) is 36.8 Å². The first-order valence-electron chi connectivity index (χ1n) is 8.32. The van der Waals surface area contributed by atoms with Crippen LogP contribution in [0.5, 0.6) is 0 Å². The van der Waals surface area contributed by atoms with Crippen LogP contribution in [0, 0.1) is 17.8 Å². The van der Waals surface area contributed by atoms with E-state index in [9.17, 15) is 0 Å². The summed E-state index contributed by atoms with van der Waals surface area (Å²) in [5.41, 5.74) is 6.20. The van der Waals surface area contributed by atoms with Crippen LogP contribution in [-0.4, -0.2) is 30.0 Å². The summed E-state index contributed by atoms with van der Waals surface area (Å²) in [5.74, 6) is 3.51. The van der Waals surface area contributed by atoms with Crippen molar-refractivity contribution in [2.45, 2.75) is 64.3 Å². The van der Waals surface area contributed by atoms with Crippen LogP contribution in [0.25, 0.3) is 0 Å². The predicted molar refractivity (Wildman–Crippen MR) is 80.1 cm³/mol. The molecule has 19 heavy (non-hydrogen) atoms. The molecule has 0 bridgehead atoms. The van der Waals surface area contributed by atoms with E-state index < -0.39 is 0 Å². The van der Waals surface area contributed by atoms with Gasteiger partial charge >= 0.3 is 0 Å². The molecular formula is C16H29N3. The van der Waals surface area contributed by atoms with Gasteiger partial charge in [0.2, 0.25) is 0 Å². The van der Waals surface area contributed by atoms with Crippen LogP contribution in [0.2, 0.25) is 0 Å². The van der Waals surface area contributed by atoms with Crippen molar-refractivity contribution < 1.29 is 0 Å². The molecule has 2 aliphatic carbocycles. The Morgan fingerprint density at radius 1 is 1.05 bits per heavy atom. The average molecular weight is 263 g/mol. The molecule has 0 amide bonds. The molecule has 108 valence electrons. The fraction of sp³-hybridized carbons (Fsp3) is 0.938. The van der Waals surface area contributed by atoms with Crippen LogP contribution in [0.1, 0.15) is 58.3 Å². The van der Waals surface area contributed by atoms with E-state index in [1.54, 1.807) is 0 Å². The second-order valence-corrected chi connectivity index (χ2v) is 7.02. The zero-order valence-corrected chi connectivity index (χ0v) is 12.4.